The molecule has 2 atom stereocenters. The molecule has 1 heterocycles. The topological polar surface area (TPSA) is 21.7 Å². The molecule has 22 heavy (non-hydrogen) atoms. The van der Waals surface area contributed by atoms with E-state index in [-0.39, 0.29) is 5.82 Å². The van der Waals surface area contributed by atoms with Crippen molar-refractivity contribution in [2.24, 2.45) is 5.41 Å². The SMILES string of the molecule is COc1ccc(CN2CCC[C@]3(CCC[C@H]3OC)C2)cc1F. The molecular weight excluding hydrogens is 281 g/mol. The Morgan fingerprint density at radius 2 is 2.09 bits per heavy atom. The Kier molecular flexibility index (Phi) is 4.69. The van der Waals surface area contributed by atoms with Gasteiger partial charge in [-0.05, 0) is 49.9 Å². The third-order valence-corrected chi connectivity index (χ3v) is 5.42. The first kappa shape index (κ1) is 15.8. The predicted molar refractivity (Wildman–Crippen MR) is 84.5 cm³/mol. The fourth-order valence-electron chi connectivity index (χ4n) is 4.40. The van der Waals surface area contributed by atoms with E-state index in [0.29, 0.717) is 17.3 Å². The molecule has 0 radical (unpaired) electrons. The van der Waals surface area contributed by atoms with Gasteiger partial charge in [0, 0.05) is 25.6 Å². The van der Waals surface area contributed by atoms with E-state index >= 15 is 0 Å². The van der Waals surface area contributed by atoms with Crippen LogP contribution in [-0.4, -0.2) is 38.3 Å². The van der Waals surface area contributed by atoms with Crippen LogP contribution in [0.4, 0.5) is 4.39 Å². The van der Waals surface area contributed by atoms with Gasteiger partial charge in [-0.15, -0.1) is 0 Å². The van der Waals surface area contributed by atoms with Crippen molar-refractivity contribution in [2.75, 3.05) is 27.3 Å². The maximum Gasteiger partial charge on any atom is 0.165 e. The lowest BCUT2D eigenvalue weighted by Crippen LogP contribution is -2.47. The lowest BCUT2D eigenvalue weighted by atomic mass is 9.76. The Bertz CT molecular complexity index is 522. The van der Waals surface area contributed by atoms with Crippen LogP contribution >= 0.6 is 0 Å². The van der Waals surface area contributed by atoms with Gasteiger partial charge in [-0.25, -0.2) is 4.39 Å². The second-order valence-electron chi connectivity index (χ2n) is 6.76. The van der Waals surface area contributed by atoms with E-state index in [2.05, 4.69) is 4.90 Å². The van der Waals surface area contributed by atoms with Gasteiger partial charge in [0.15, 0.2) is 11.6 Å². The number of benzene rings is 1. The minimum atomic E-state index is -0.276. The number of nitrogens with zero attached hydrogens (tertiary/aromatic N) is 1. The molecular formula is C18H26FNO2. The van der Waals surface area contributed by atoms with Crippen molar-refractivity contribution >= 4 is 0 Å². The van der Waals surface area contributed by atoms with Crippen LogP contribution in [0.1, 0.15) is 37.7 Å². The third-order valence-electron chi connectivity index (χ3n) is 5.42. The summed E-state index contributed by atoms with van der Waals surface area (Å²) < 4.78 is 24.6. The van der Waals surface area contributed by atoms with Crippen LogP contribution in [0, 0.1) is 11.2 Å². The zero-order chi connectivity index (χ0) is 15.6. The molecule has 122 valence electrons. The van der Waals surface area contributed by atoms with E-state index in [1.165, 1.54) is 39.2 Å². The number of likely N-dealkylation sites (tertiary alicyclic amines) is 1. The maximum absolute atomic E-state index is 13.9. The largest absolute Gasteiger partial charge is 0.494 e. The Labute approximate surface area is 132 Å². The van der Waals surface area contributed by atoms with Gasteiger partial charge in [0.05, 0.1) is 13.2 Å². The first-order valence-corrected chi connectivity index (χ1v) is 8.24. The van der Waals surface area contributed by atoms with Gasteiger partial charge in [-0.2, -0.15) is 0 Å². The zero-order valence-corrected chi connectivity index (χ0v) is 13.6. The van der Waals surface area contributed by atoms with Crippen molar-refractivity contribution in [1.29, 1.82) is 0 Å². The summed E-state index contributed by atoms with van der Waals surface area (Å²) in [6.07, 6.45) is 6.57. The number of rotatable bonds is 4. The summed E-state index contributed by atoms with van der Waals surface area (Å²) in [7, 11) is 3.34. The van der Waals surface area contributed by atoms with Crippen molar-refractivity contribution in [2.45, 2.75) is 44.8 Å². The quantitative estimate of drug-likeness (QED) is 0.848. The molecule has 0 amide bonds. The normalized spacial score (nSPS) is 29.1. The highest BCUT2D eigenvalue weighted by molar-refractivity contribution is 5.29. The summed E-state index contributed by atoms with van der Waals surface area (Å²) in [6.45, 7) is 2.96. The number of halogens is 1. The number of hydrogen-bond donors (Lipinski definition) is 0. The van der Waals surface area contributed by atoms with Gasteiger partial charge in [0.25, 0.3) is 0 Å². The molecule has 2 fully saturated rings. The Morgan fingerprint density at radius 3 is 2.82 bits per heavy atom. The molecule has 1 aromatic carbocycles. The van der Waals surface area contributed by atoms with Gasteiger partial charge < -0.3 is 9.47 Å². The number of piperidine rings is 1. The summed E-state index contributed by atoms with van der Waals surface area (Å²) in [6, 6.07) is 5.28. The molecule has 0 unspecified atom stereocenters. The van der Waals surface area contributed by atoms with Gasteiger partial charge >= 0.3 is 0 Å². The fourth-order valence-corrected chi connectivity index (χ4v) is 4.40. The first-order chi connectivity index (χ1) is 10.7. The van der Waals surface area contributed by atoms with E-state index in [1.807, 2.05) is 13.2 Å². The molecule has 1 aliphatic carbocycles. The minimum absolute atomic E-state index is 0.276. The molecule has 1 aliphatic heterocycles. The smallest absolute Gasteiger partial charge is 0.165 e. The molecule has 0 aromatic heterocycles. The fraction of sp³-hybridized carbons (Fsp3) is 0.667. The number of ether oxygens (including phenoxy) is 2. The highest BCUT2D eigenvalue weighted by atomic mass is 19.1. The predicted octanol–water partition coefficient (Wildman–Crippen LogP) is 3.62. The summed E-state index contributed by atoms with van der Waals surface area (Å²) in [5, 5.41) is 0. The van der Waals surface area contributed by atoms with E-state index in [9.17, 15) is 4.39 Å². The van der Waals surface area contributed by atoms with Gasteiger partial charge in [-0.1, -0.05) is 12.5 Å². The van der Waals surface area contributed by atoms with E-state index in [1.54, 1.807) is 12.1 Å². The highest BCUT2D eigenvalue weighted by Gasteiger charge is 2.45. The molecule has 0 bridgehead atoms. The first-order valence-electron chi connectivity index (χ1n) is 8.24. The average Bonchev–Trinajstić information content (AvgIpc) is 2.89. The van der Waals surface area contributed by atoms with Crippen LogP contribution in [0.25, 0.3) is 0 Å². The molecule has 1 saturated heterocycles. The van der Waals surface area contributed by atoms with Crippen molar-refractivity contribution in [3.05, 3.63) is 29.6 Å². The molecule has 1 spiro atoms. The second kappa shape index (κ2) is 6.55. The van der Waals surface area contributed by atoms with Gasteiger partial charge in [0.1, 0.15) is 0 Å². The number of methoxy groups -OCH3 is 2. The van der Waals surface area contributed by atoms with Crippen LogP contribution in [0.15, 0.2) is 18.2 Å². The minimum Gasteiger partial charge on any atom is -0.494 e. The van der Waals surface area contributed by atoms with Gasteiger partial charge in [-0.3, -0.25) is 4.90 Å². The summed E-state index contributed by atoms with van der Waals surface area (Å²) >= 11 is 0. The third kappa shape index (κ3) is 2.99. The monoisotopic (exact) mass is 307 g/mol. The molecule has 1 aromatic rings. The lowest BCUT2D eigenvalue weighted by Gasteiger charge is -2.43. The molecule has 2 aliphatic rings. The van der Waals surface area contributed by atoms with Crippen LogP contribution in [0.5, 0.6) is 5.75 Å². The molecule has 0 N–H and O–H groups in total. The maximum atomic E-state index is 13.9. The van der Waals surface area contributed by atoms with Crippen molar-refractivity contribution in [1.82, 2.24) is 4.90 Å². The standard InChI is InChI=1S/C18H26FNO2/c1-21-16-7-6-14(11-15(16)19)12-20-10-4-9-18(13-20)8-3-5-17(18)22-2/h6-7,11,17H,3-5,8-10,12-13H2,1-2H3/t17-,18-/m1/s1. The van der Waals surface area contributed by atoms with E-state index in [0.717, 1.165) is 25.2 Å². The van der Waals surface area contributed by atoms with Gasteiger partial charge in [0.2, 0.25) is 0 Å². The lowest BCUT2D eigenvalue weighted by molar-refractivity contribution is -0.0366. The van der Waals surface area contributed by atoms with Crippen LogP contribution in [0.3, 0.4) is 0 Å². The van der Waals surface area contributed by atoms with E-state index in [4.69, 9.17) is 9.47 Å². The van der Waals surface area contributed by atoms with E-state index < -0.39 is 0 Å². The Morgan fingerprint density at radius 1 is 1.27 bits per heavy atom. The molecule has 3 rings (SSSR count). The van der Waals surface area contributed by atoms with Crippen LogP contribution < -0.4 is 4.74 Å². The average molecular weight is 307 g/mol. The molecule has 4 heteroatoms. The van der Waals surface area contributed by atoms with Crippen LogP contribution in [-0.2, 0) is 11.3 Å². The Balaban J connectivity index is 1.69. The summed E-state index contributed by atoms with van der Waals surface area (Å²) in [5.41, 5.74) is 1.33. The second-order valence-corrected chi connectivity index (χ2v) is 6.76. The van der Waals surface area contributed by atoms with Crippen LogP contribution in [0.2, 0.25) is 0 Å². The molecule has 3 nitrogen and oxygen atoms in total. The van der Waals surface area contributed by atoms with Crippen molar-refractivity contribution < 1.29 is 13.9 Å². The van der Waals surface area contributed by atoms with Crippen molar-refractivity contribution in [3.63, 3.8) is 0 Å². The summed E-state index contributed by atoms with van der Waals surface area (Å²) in [5.74, 6) is 0.0384. The molecule has 1 saturated carbocycles. The Hall–Kier alpha value is -1.13. The zero-order valence-electron chi connectivity index (χ0n) is 13.6. The highest BCUT2D eigenvalue weighted by Crippen LogP contribution is 2.46. The number of hydrogen-bond acceptors (Lipinski definition) is 3. The van der Waals surface area contributed by atoms with Crippen molar-refractivity contribution in [3.8, 4) is 5.75 Å². The summed E-state index contributed by atoms with van der Waals surface area (Å²) in [4.78, 5) is 2.46.